The highest BCUT2D eigenvalue weighted by Gasteiger charge is 2.45. The minimum atomic E-state index is -0.747. The van der Waals surface area contributed by atoms with Crippen molar-refractivity contribution in [2.45, 2.75) is 31.8 Å². The van der Waals surface area contributed by atoms with Crippen molar-refractivity contribution < 1.29 is 18.7 Å². The van der Waals surface area contributed by atoms with Gasteiger partial charge < -0.3 is 13.9 Å². The van der Waals surface area contributed by atoms with Crippen LogP contribution in [0, 0.1) is 11.8 Å². The molecule has 5 nitrogen and oxygen atoms in total. The summed E-state index contributed by atoms with van der Waals surface area (Å²) in [6.45, 7) is 2.16. The van der Waals surface area contributed by atoms with E-state index in [1.54, 1.807) is 10.6 Å². The number of aromatic nitrogens is 1. The van der Waals surface area contributed by atoms with Gasteiger partial charge in [0.05, 0.1) is 23.2 Å². The molecule has 2 saturated heterocycles. The molecule has 0 saturated carbocycles. The molecular formula is C14H11Cl2NO4S. The first-order valence-electron chi connectivity index (χ1n) is 6.77. The van der Waals surface area contributed by atoms with Gasteiger partial charge in [0.1, 0.15) is 6.10 Å². The minimum Gasteiger partial charge on any atom is -0.428 e. The molecule has 2 aliphatic rings. The second-order valence-corrected chi connectivity index (χ2v) is 6.60. The lowest BCUT2D eigenvalue weighted by Gasteiger charge is -2.27. The highest BCUT2D eigenvalue weighted by molar-refractivity contribution is 7.71. The summed E-state index contributed by atoms with van der Waals surface area (Å²) in [4.78, 5) is 12.3. The fourth-order valence-electron chi connectivity index (χ4n) is 2.99. The van der Waals surface area contributed by atoms with E-state index < -0.39 is 6.29 Å². The average molecular weight is 360 g/mol. The third kappa shape index (κ3) is 1.98. The van der Waals surface area contributed by atoms with E-state index in [1.165, 1.54) is 0 Å². The molecule has 2 fully saturated rings. The summed E-state index contributed by atoms with van der Waals surface area (Å²) in [6, 6.07) is 1.47. The van der Waals surface area contributed by atoms with Crippen LogP contribution in [0.25, 0.3) is 11.1 Å². The number of nitrogens with zero attached hydrogens (tertiary/aromatic N) is 1. The van der Waals surface area contributed by atoms with Crippen molar-refractivity contribution in [1.82, 2.24) is 4.57 Å². The Bertz CT molecular complexity index is 859. The molecule has 8 heteroatoms. The molecule has 0 amide bonds. The van der Waals surface area contributed by atoms with Crippen molar-refractivity contribution in [3.8, 4) is 0 Å². The van der Waals surface area contributed by atoms with Gasteiger partial charge in [0, 0.05) is 11.4 Å². The van der Waals surface area contributed by atoms with Crippen molar-refractivity contribution in [3.05, 3.63) is 26.5 Å². The van der Waals surface area contributed by atoms with Gasteiger partial charge >= 0.3 is 0 Å². The number of fused-ring (bicyclic) bond motifs is 3. The standard InChI is InChI=1S/C14H11Cl2NO4S/c1-5-6(15)2-8-12(11(5)16)21-14(22)17(8)7-3-9(18)13-19-4-10(7)20-13/h2,7,10,13H,3-4H2,1H3/t7-,10+,13-/m1/s1. The van der Waals surface area contributed by atoms with E-state index in [9.17, 15) is 4.79 Å². The molecule has 4 rings (SSSR count). The van der Waals surface area contributed by atoms with Gasteiger partial charge in [-0.3, -0.25) is 9.36 Å². The molecule has 0 aliphatic carbocycles. The van der Waals surface area contributed by atoms with E-state index in [4.69, 9.17) is 49.3 Å². The van der Waals surface area contributed by atoms with Gasteiger partial charge in [-0.2, -0.15) is 0 Å². The third-order valence-electron chi connectivity index (χ3n) is 4.17. The number of ether oxygens (including phenoxy) is 2. The maximum Gasteiger partial charge on any atom is 0.270 e. The van der Waals surface area contributed by atoms with Gasteiger partial charge in [0.25, 0.3) is 4.84 Å². The van der Waals surface area contributed by atoms with E-state index in [0.29, 0.717) is 27.8 Å². The molecule has 0 unspecified atom stereocenters. The van der Waals surface area contributed by atoms with Gasteiger partial charge in [-0.1, -0.05) is 23.2 Å². The first-order chi connectivity index (χ1) is 10.5. The van der Waals surface area contributed by atoms with E-state index >= 15 is 0 Å². The summed E-state index contributed by atoms with van der Waals surface area (Å²) in [5.74, 6) is -0.0979. The van der Waals surface area contributed by atoms with Crippen LogP contribution in [0.3, 0.4) is 0 Å². The quantitative estimate of drug-likeness (QED) is 0.724. The summed E-state index contributed by atoms with van der Waals surface area (Å²) < 4.78 is 18.3. The Balaban J connectivity index is 1.94. The predicted octanol–water partition coefficient (Wildman–Crippen LogP) is 3.83. The van der Waals surface area contributed by atoms with E-state index in [1.807, 2.05) is 6.92 Å². The SMILES string of the molecule is Cc1c(Cl)cc2c(oc(=S)n2[C@@H]2CC(=O)[C@@H]3OC[C@@H]2O3)c1Cl. The van der Waals surface area contributed by atoms with Gasteiger partial charge in [-0.15, -0.1) is 0 Å². The molecule has 2 aromatic rings. The molecule has 0 N–H and O–H groups in total. The Hall–Kier alpha value is -0.920. The zero-order valence-electron chi connectivity index (χ0n) is 11.5. The Morgan fingerprint density at radius 3 is 2.95 bits per heavy atom. The van der Waals surface area contributed by atoms with Gasteiger partial charge in [0.15, 0.2) is 11.4 Å². The van der Waals surface area contributed by atoms with Crippen molar-refractivity contribution in [3.63, 3.8) is 0 Å². The lowest BCUT2D eigenvalue weighted by molar-refractivity contribution is -0.156. The fraction of sp³-hybridized carbons (Fsp3) is 0.429. The van der Waals surface area contributed by atoms with Crippen molar-refractivity contribution >= 4 is 52.3 Å². The zero-order chi connectivity index (χ0) is 15.6. The third-order valence-corrected chi connectivity index (χ3v) is 5.30. The minimum absolute atomic E-state index is 0.0979. The molecule has 3 heterocycles. The average Bonchev–Trinajstić information content (AvgIpc) is 3.04. The van der Waals surface area contributed by atoms with Crippen LogP contribution in [0.5, 0.6) is 0 Å². The van der Waals surface area contributed by atoms with Crippen LogP contribution in [0.2, 0.25) is 10.0 Å². The summed E-state index contributed by atoms with van der Waals surface area (Å²) in [6.07, 6.45) is -0.710. The summed E-state index contributed by atoms with van der Waals surface area (Å²) in [7, 11) is 0. The number of rotatable bonds is 1. The van der Waals surface area contributed by atoms with Gasteiger partial charge in [0.2, 0.25) is 6.29 Å². The number of halogens is 2. The van der Waals surface area contributed by atoms with Crippen LogP contribution in [0.15, 0.2) is 10.5 Å². The Kier molecular flexibility index (Phi) is 3.36. The smallest absolute Gasteiger partial charge is 0.270 e. The molecule has 1 aromatic carbocycles. The number of Topliss-reactive ketones (excluding diaryl/α,β-unsaturated/α-hetero) is 1. The highest BCUT2D eigenvalue weighted by atomic mass is 35.5. The Morgan fingerprint density at radius 2 is 2.18 bits per heavy atom. The van der Waals surface area contributed by atoms with E-state index in [2.05, 4.69) is 0 Å². The molecule has 22 heavy (non-hydrogen) atoms. The molecule has 1 aromatic heterocycles. The summed E-state index contributed by atoms with van der Waals surface area (Å²) in [5, 5.41) is 0.946. The Morgan fingerprint density at radius 1 is 1.41 bits per heavy atom. The van der Waals surface area contributed by atoms with Crippen LogP contribution < -0.4 is 0 Å². The number of ketones is 1. The largest absolute Gasteiger partial charge is 0.428 e. The molecule has 2 aliphatic heterocycles. The number of oxazole rings is 1. The van der Waals surface area contributed by atoms with Crippen LogP contribution in [0.1, 0.15) is 18.0 Å². The molecule has 0 radical (unpaired) electrons. The van der Waals surface area contributed by atoms with Crippen molar-refractivity contribution in [1.29, 1.82) is 0 Å². The molecule has 0 spiro atoms. The number of hydrogen-bond donors (Lipinski definition) is 0. The maximum atomic E-state index is 12.0. The van der Waals surface area contributed by atoms with Crippen LogP contribution in [0.4, 0.5) is 0 Å². The molecule has 116 valence electrons. The number of hydrogen-bond acceptors (Lipinski definition) is 5. The van der Waals surface area contributed by atoms with Gasteiger partial charge in [-0.05, 0) is 30.8 Å². The van der Waals surface area contributed by atoms with Crippen molar-refractivity contribution in [2.24, 2.45) is 0 Å². The second kappa shape index (κ2) is 5.04. The topological polar surface area (TPSA) is 53.6 Å². The zero-order valence-corrected chi connectivity index (χ0v) is 13.8. The van der Waals surface area contributed by atoms with Crippen LogP contribution >= 0.6 is 35.4 Å². The van der Waals surface area contributed by atoms with Crippen LogP contribution in [-0.4, -0.2) is 29.4 Å². The van der Waals surface area contributed by atoms with E-state index in [0.717, 1.165) is 5.56 Å². The van der Waals surface area contributed by atoms with Crippen LogP contribution in [-0.2, 0) is 14.3 Å². The predicted molar refractivity (Wildman–Crippen MR) is 83.1 cm³/mol. The molecular weight excluding hydrogens is 349 g/mol. The summed E-state index contributed by atoms with van der Waals surface area (Å²) in [5.41, 5.74) is 1.87. The number of carbonyl (C=O) groups is 1. The monoisotopic (exact) mass is 359 g/mol. The Labute approximate surface area is 140 Å². The lowest BCUT2D eigenvalue weighted by Crippen LogP contribution is -2.37. The van der Waals surface area contributed by atoms with Gasteiger partial charge in [-0.25, -0.2) is 0 Å². The summed E-state index contributed by atoms with van der Waals surface area (Å²) >= 11 is 17.8. The number of benzene rings is 1. The first-order valence-corrected chi connectivity index (χ1v) is 7.93. The molecule has 3 atom stereocenters. The normalized spacial score (nSPS) is 27.8. The van der Waals surface area contributed by atoms with Crippen molar-refractivity contribution in [2.75, 3.05) is 6.61 Å². The molecule has 2 bridgehead atoms. The maximum absolute atomic E-state index is 12.0. The van der Waals surface area contributed by atoms with E-state index in [-0.39, 0.29) is 29.2 Å². The number of carbonyl (C=O) groups excluding carboxylic acids is 1. The highest BCUT2D eigenvalue weighted by Crippen LogP contribution is 2.39. The second-order valence-electron chi connectivity index (χ2n) is 5.46. The lowest BCUT2D eigenvalue weighted by atomic mass is 10.0. The first kappa shape index (κ1) is 14.7. The fourth-order valence-corrected chi connectivity index (χ4v) is 3.79.